The maximum absolute atomic E-state index is 5.65. The summed E-state index contributed by atoms with van der Waals surface area (Å²) in [4.78, 5) is 3.72. The van der Waals surface area contributed by atoms with Gasteiger partial charge < -0.3 is 15.4 Å². The molecule has 0 amide bonds. The van der Waals surface area contributed by atoms with Crippen LogP contribution in [0.4, 0.5) is 0 Å². The molecule has 0 aliphatic carbocycles. The van der Waals surface area contributed by atoms with Crippen molar-refractivity contribution in [2.75, 3.05) is 33.3 Å². The third kappa shape index (κ3) is 5.07. The maximum atomic E-state index is 5.65. The fraction of sp³-hybridized carbons (Fsp3) is 0.667. The molecule has 0 radical (unpaired) electrons. The van der Waals surface area contributed by atoms with E-state index in [1.165, 1.54) is 4.88 Å². The molecule has 0 bridgehead atoms. The Bertz CT molecular complexity index is 264. The van der Waals surface area contributed by atoms with Crippen LogP contribution in [0.5, 0.6) is 0 Å². The molecule has 0 saturated heterocycles. The molecule has 0 aliphatic heterocycles. The molecule has 1 aromatic rings. The lowest BCUT2D eigenvalue weighted by Gasteiger charge is -2.22. The zero-order chi connectivity index (χ0) is 11.8. The molecular formula is C12H22N2OS. The van der Waals surface area contributed by atoms with Crippen LogP contribution in [0.25, 0.3) is 0 Å². The Labute approximate surface area is 102 Å². The first kappa shape index (κ1) is 13.6. The summed E-state index contributed by atoms with van der Waals surface area (Å²) in [6, 6.07) is 4.28. The van der Waals surface area contributed by atoms with Gasteiger partial charge >= 0.3 is 0 Å². The van der Waals surface area contributed by atoms with Crippen LogP contribution in [0, 0.1) is 0 Å². The minimum Gasteiger partial charge on any atom is -0.376 e. The lowest BCUT2D eigenvalue weighted by atomic mass is 10.3. The van der Waals surface area contributed by atoms with E-state index in [0.717, 1.165) is 26.1 Å². The summed E-state index contributed by atoms with van der Waals surface area (Å²) in [5.41, 5.74) is 5.65. The first-order valence-electron chi connectivity index (χ1n) is 5.78. The molecule has 0 aliphatic rings. The standard InChI is InChI=1S/C12H22N2OS/c1-3-15-11(9-13)10-14(2)7-6-12-5-4-8-16-12/h4-5,8,11H,3,6-7,9-10,13H2,1-2H3. The number of likely N-dealkylation sites (N-methyl/N-ethyl adjacent to an activating group) is 1. The largest absolute Gasteiger partial charge is 0.376 e. The van der Waals surface area contributed by atoms with Crippen molar-refractivity contribution in [2.45, 2.75) is 19.4 Å². The van der Waals surface area contributed by atoms with Crippen molar-refractivity contribution in [3.05, 3.63) is 22.4 Å². The van der Waals surface area contributed by atoms with Gasteiger partial charge in [0, 0.05) is 31.1 Å². The minimum absolute atomic E-state index is 0.165. The molecule has 1 heterocycles. The van der Waals surface area contributed by atoms with Gasteiger partial charge in [-0.25, -0.2) is 0 Å². The van der Waals surface area contributed by atoms with Crippen LogP contribution in [0.15, 0.2) is 17.5 Å². The van der Waals surface area contributed by atoms with Crippen LogP contribution in [-0.4, -0.2) is 44.3 Å². The second-order valence-electron chi connectivity index (χ2n) is 3.90. The quantitative estimate of drug-likeness (QED) is 0.752. The van der Waals surface area contributed by atoms with Crippen molar-refractivity contribution in [3.8, 4) is 0 Å². The molecule has 92 valence electrons. The lowest BCUT2D eigenvalue weighted by Crippen LogP contribution is -2.37. The Morgan fingerprint density at radius 1 is 1.56 bits per heavy atom. The van der Waals surface area contributed by atoms with E-state index in [0.29, 0.717) is 6.54 Å². The fourth-order valence-corrected chi connectivity index (χ4v) is 2.32. The molecule has 2 N–H and O–H groups in total. The minimum atomic E-state index is 0.165. The van der Waals surface area contributed by atoms with Gasteiger partial charge in [-0.3, -0.25) is 0 Å². The van der Waals surface area contributed by atoms with Gasteiger partial charge in [0.25, 0.3) is 0 Å². The average molecular weight is 242 g/mol. The zero-order valence-corrected chi connectivity index (χ0v) is 11.0. The Morgan fingerprint density at radius 3 is 2.94 bits per heavy atom. The van der Waals surface area contributed by atoms with Gasteiger partial charge in [0.1, 0.15) is 0 Å². The van der Waals surface area contributed by atoms with Gasteiger partial charge in [0.15, 0.2) is 0 Å². The van der Waals surface area contributed by atoms with Crippen molar-refractivity contribution in [2.24, 2.45) is 5.73 Å². The summed E-state index contributed by atoms with van der Waals surface area (Å²) < 4.78 is 5.53. The van der Waals surface area contributed by atoms with E-state index in [2.05, 4.69) is 29.5 Å². The molecule has 0 saturated carbocycles. The van der Waals surface area contributed by atoms with E-state index in [-0.39, 0.29) is 6.10 Å². The molecule has 4 heteroatoms. The first-order valence-corrected chi connectivity index (χ1v) is 6.66. The summed E-state index contributed by atoms with van der Waals surface area (Å²) in [5, 5.41) is 2.12. The van der Waals surface area contributed by atoms with Crippen LogP contribution < -0.4 is 5.73 Å². The molecule has 1 unspecified atom stereocenters. The number of thiophene rings is 1. The van der Waals surface area contributed by atoms with Gasteiger partial charge in [-0.1, -0.05) is 6.07 Å². The molecule has 3 nitrogen and oxygen atoms in total. The normalized spacial score (nSPS) is 13.2. The third-order valence-corrected chi connectivity index (χ3v) is 3.44. The zero-order valence-electron chi connectivity index (χ0n) is 10.2. The monoisotopic (exact) mass is 242 g/mol. The second-order valence-corrected chi connectivity index (χ2v) is 4.94. The van der Waals surface area contributed by atoms with Crippen LogP contribution in [0.1, 0.15) is 11.8 Å². The van der Waals surface area contributed by atoms with Crippen molar-refractivity contribution in [3.63, 3.8) is 0 Å². The van der Waals surface area contributed by atoms with Gasteiger partial charge in [0.2, 0.25) is 0 Å². The Morgan fingerprint density at radius 2 is 2.38 bits per heavy atom. The van der Waals surface area contributed by atoms with Crippen molar-refractivity contribution in [1.82, 2.24) is 4.90 Å². The molecule has 16 heavy (non-hydrogen) atoms. The Hall–Kier alpha value is -0.420. The van der Waals surface area contributed by atoms with E-state index in [4.69, 9.17) is 10.5 Å². The van der Waals surface area contributed by atoms with Gasteiger partial charge in [-0.05, 0) is 31.8 Å². The first-order chi connectivity index (χ1) is 7.76. The van der Waals surface area contributed by atoms with E-state index < -0.39 is 0 Å². The molecule has 1 rings (SSSR count). The van der Waals surface area contributed by atoms with Gasteiger partial charge in [-0.15, -0.1) is 11.3 Å². The highest BCUT2D eigenvalue weighted by molar-refractivity contribution is 7.09. The van der Waals surface area contributed by atoms with Crippen LogP contribution >= 0.6 is 11.3 Å². The van der Waals surface area contributed by atoms with E-state index in [1.807, 2.05) is 18.3 Å². The van der Waals surface area contributed by atoms with Crippen LogP contribution in [0.3, 0.4) is 0 Å². The SMILES string of the molecule is CCOC(CN)CN(C)CCc1cccs1. The molecular weight excluding hydrogens is 220 g/mol. The summed E-state index contributed by atoms with van der Waals surface area (Å²) in [5.74, 6) is 0. The topological polar surface area (TPSA) is 38.5 Å². The summed E-state index contributed by atoms with van der Waals surface area (Å²) in [7, 11) is 2.12. The van der Waals surface area contributed by atoms with E-state index in [1.54, 1.807) is 0 Å². The predicted molar refractivity (Wildman–Crippen MR) is 70.0 cm³/mol. The van der Waals surface area contributed by atoms with E-state index in [9.17, 15) is 0 Å². The van der Waals surface area contributed by atoms with Crippen molar-refractivity contribution < 1.29 is 4.74 Å². The number of nitrogens with zero attached hydrogens (tertiary/aromatic N) is 1. The van der Waals surface area contributed by atoms with Crippen LogP contribution in [-0.2, 0) is 11.2 Å². The average Bonchev–Trinajstić information content (AvgIpc) is 2.78. The molecule has 0 aromatic carbocycles. The number of rotatable bonds is 8. The predicted octanol–water partition coefficient (Wildman–Crippen LogP) is 1.59. The summed E-state index contributed by atoms with van der Waals surface area (Å²) in [6.45, 7) is 5.31. The molecule has 0 spiro atoms. The number of ether oxygens (including phenoxy) is 1. The highest BCUT2D eigenvalue weighted by atomic mass is 32.1. The maximum Gasteiger partial charge on any atom is 0.0823 e. The molecule has 1 atom stereocenters. The summed E-state index contributed by atoms with van der Waals surface area (Å²) >= 11 is 1.82. The Balaban J connectivity index is 2.21. The molecule has 1 aromatic heterocycles. The lowest BCUT2D eigenvalue weighted by molar-refractivity contribution is 0.0455. The second kappa shape index (κ2) is 7.79. The Kier molecular flexibility index (Phi) is 6.64. The highest BCUT2D eigenvalue weighted by Crippen LogP contribution is 2.09. The molecule has 0 fully saturated rings. The fourth-order valence-electron chi connectivity index (χ4n) is 1.63. The van der Waals surface area contributed by atoms with Crippen molar-refractivity contribution in [1.29, 1.82) is 0 Å². The third-order valence-electron chi connectivity index (χ3n) is 2.50. The number of nitrogens with two attached hydrogens (primary N) is 1. The highest BCUT2D eigenvalue weighted by Gasteiger charge is 2.09. The summed E-state index contributed by atoms with van der Waals surface area (Å²) in [6.07, 6.45) is 1.27. The van der Waals surface area contributed by atoms with E-state index >= 15 is 0 Å². The van der Waals surface area contributed by atoms with Gasteiger partial charge in [0.05, 0.1) is 6.10 Å². The van der Waals surface area contributed by atoms with Crippen molar-refractivity contribution >= 4 is 11.3 Å². The van der Waals surface area contributed by atoms with Crippen LogP contribution in [0.2, 0.25) is 0 Å². The van der Waals surface area contributed by atoms with Gasteiger partial charge in [-0.2, -0.15) is 0 Å². The number of hydrogen-bond donors (Lipinski definition) is 1. The number of hydrogen-bond acceptors (Lipinski definition) is 4. The smallest absolute Gasteiger partial charge is 0.0823 e.